The van der Waals surface area contributed by atoms with Crippen molar-refractivity contribution >= 4 is 5.97 Å². The van der Waals surface area contributed by atoms with Crippen molar-refractivity contribution in [3.63, 3.8) is 0 Å². The highest BCUT2D eigenvalue weighted by molar-refractivity contribution is 5.70. The van der Waals surface area contributed by atoms with E-state index in [1.165, 1.54) is 0 Å². The van der Waals surface area contributed by atoms with Crippen molar-refractivity contribution in [2.45, 2.75) is 19.9 Å². The Kier molecular flexibility index (Phi) is 2.01. The summed E-state index contributed by atoms with van der Waals surface area (Å²) in [6.07, 6.45) is 2.20. The lowest BCUT2D eigenvalue weighted by atomic mass is 10.1. The van der Waals surface area contributed by atoms with E-state index in [2.05, 4.69) is 15.1 Å². The van der Waals surface area contributed by atoms with Crippen LogP contribution in [-0.2, 0) is 17.8 Å². The van der Waals surface area contributed by atoms with E-state index >= 15 is 0 Å². The molecule has 0 radical (unpaired) electrons. The Morgan fingerprint density at radius 3 is 3.00 bits per heavy atom. The first-order chi connectivity index (χ1) is 8.13. The number of hydrogen-bond donors (Lipinski definition) is 1. The number of nitrogens with zero attached hydrogens (tertiary/aromatic N) is 4. The van der Waals surface area contributed by atoms with Crippen LogP contribution in [0.2, 0.25) is 0 Å². The molecule has 0 amide bonds. The maximum Gasteiger partial charge on any atom is 0.308 e. The van der Waals surface area contributed by atoms with Gasteiger partial charge < -0.3 is 14.2 Å². The molecule has 7 nitrogen and oxygen atoms in total. The molecule has 0 fully saturated rings. The Morgan fingerprint density at radius 1 is 1.59 bits per heavy atom. The zero-order valence-electron chi connectivity index (χ0n) is 9.12. The Balaban J connectivity index is 1.89. The lowest BCUT2D eigenvalue weighted by molar-refractivity contribution is -0.141. The second-order valence-electron chi connectivity index (χ2n) is 4.08. The van der Waals surface area contributed by atoms with Crippen LogP contribution in [0.1, 0.15) is 11.6 Å². The van der Waals surface area contributed by atoms with Crippen molar-refractivity contribution in [1.29, 1.82) is 0 Å². The maximum atomic E-state index is 10.8. The maximum absolute atomic E-state index is 10.8. The smallest absolute Gasteiger partial charge is 0.308 e. The molecular formula is C10H10N4O3. The van der Waals surface area contributed by atoms with E-state index in [4.69, 9.17) is 9.63 Å². The monoisotopic (exact) mass is 234 g/mol. The van der Waals surface area contributed by atoms with Gasteiger partial charge in [-0.3, -0.25) is 4.79 Å². The van der Waals surface area contributed by atoms with Crippen LogP contribution in [0.5, 0.6) is 0 Å². The third kappa shape index (κ3) is 1.59. The molecule has 7 heteroatoms. The topological polar surface area (TPSA) is 94.0 Å². The summed E-state index contributed by atoms with van der Waals surface area (Å²) in [7, 11) is 0. The number of aromatic nitrogens is 4. The zero-order chi connectivity index (χ0) is 12.0. The molecule has 0 saturated carbocycles. The molecule has 3 heterocycles. The highest BCUT2D eigenvalue weighted by Gasteiger charge is 2.29. The highest BCUT2D eigenvalue weighted by atomic mass is 16.5. The van der Waals surface area contributed by atoms with Gasteiger partial charge in [0.1, 0.15) is 11.5 Å². The number of imidazole rings is 1. The number of hydrogen-bond acceptors (Lipinski definition) is 5. The van der Waals surface area contributed by atoms with Crippen molar-refractivity contribution < 1.29 is 14.4 Å². The van der Waals surface area contributed by atoms with Gasteiger partial charge in [0.05, 0.1) is 5.92 Å². The number of carbonyl (C=O) groups is 1. The first kappa shape index (κ1) is 10.0. The fraction of sp³-hybridized carbons (Fsp3) is 0.400. The summed E-state index contributed by atoms with van der Waals surface area (Å²) in [6.45, 7) is 2.18. The van der Waals surface area contributed by atoms with Gasteiger partial charge in [-0.25, -0.2) is 4.98 Å². The molecule has 1 aliphatic heterocycles. The lowest BCUT2D eigenvalue weighted by Crippen LogP contribution is -2.14. The third-order valence-corrected chi connectivity index (χ3v) is 2.80. The van der Waals surface area contributed by atoms with E-state index < -0.39 is 5.97 Å². The van der Waals surface area contributed by atoms with E-state index in [0.29, 0.717) is 30.4 Å². The molecule has 1 N–H and O–H groups in total. The summed E-state index contributed by atoms with van der Waals surface area (Å²) in [5.41, 5.74) is 0.601. The minimum Gasteiger partial charge on any atom is -0.481 e. The van der Waals surface area contributed by atoms with Crippen LogP contribution in [0.25, 0.3) is 11.6 Å². The van der Waals surface area contributed by atoms with Gasteiger partial charge >= 0.3 is 5.97 Å². The standard InChI is InChI=1S/C10H10N4O3/c1-5-11-9(17-13-5)7-4-14-3-6(10(15)16)2-8(14)12-7/h4,6H,2-3H2,1H3,(H,15,16). The number of carboxylic acids is 1. The predicted octanol–water partition coefficient (Wildman–Crippen LogP) is 0.498. The average Bonchev–Trinajstić information content (AvgIpc) is 2.88. The molecule has 17 heavy (non-hydrogen) atoms. The van der Waals surface area contributed by atoms with Crippen molar-refractivity contribution in [2.75, 3.05) is 0 Å². The summed E-state index contributed by atoms with van der Waals surface area (Å²) in [5.74, 6) is 0.512. The van der Waals surface area contributed by atoms with Gasteiger partial charge in [-0.1, -0.05) is 5.16 Å². The van der Waals surface area contributed by atoms with Crippen LogP contribution in [0.4, 0.5) is 0 Å². The molecule has 0 spiro atoms. The van der Waals surface area contributed by atoms with Crippen LogP contribution in [0, 0.1) is 12.8 Å². The van der Waals surface area contributed by atoms with Crippen molar-refractivity contribution in [3.05, 3.63) is 17.8 Å². The van der Waals surface area contributed by atoms with E-state index in [1.807, 2.05) is 4.57 Å². The molecule has 0 aliphatic carbocycles. The summed E-state index contributed by atoms with van der Waals surface area (Å²) in [4.78, 5) is 19.2. The number of rotatable bonds is 2. The predicted molar refractivity (Wildman–Crippen MR) is 55.1 cm³/mol. The summed E-state index contributed by atoms with van der Waals surface area (Å²) < 4.78 is 6.84. The van der Waals surface area contributed by atoms with Crippen LogP contribution in [0.15, 0.2) is 10.7 Å². The summed E-state index contributed by atoms with van der Waals surface area (Å²) in [6, 6.07) is 0. The molecule has 1 atom stereocenters. The second kappa shape index (κ2) is 3.41. The fourth-order valence-corrected chi connectivity index (χ4v) is 1.97. The van der Waals surface area contributed by atoms with Gasteiger partial charge in [-0.05, 0) is 6.92 Å². The SMILES string of the molecule is Cc1noc(-c2cn3c(n2)CC(C(=O)O)C3)n1. The molecule has 0 aromatic carbocycles. The van der Waals surface area contributed by atoms with Crippen molar-refractivity contribution in [2.24, 2.45) is 5.92 Å². The summed E-state index contributed by atoms with van der Waals surface area (Å²) >= 11 is 0. The lowest BCUT2D eigenvalue weighted by Gasteiger charge is -1.99. The Bertz CT molecular complexity index is 563. The van der Waals surface area contributed by atoms with Crippen LogP contribution in [0.3, 0.4) is 0 Å². The highest BCUT2D eigenvalue weighted by Crippen LogP contribution is 2.24. The number of aryl methyl sites for hydroxylation is 1. The van der Waals surface area contributed by atoms with E-state index in [9.17, 15) is 4.79 Å². The summed E-state index contributed by atoms with van der Waals surface area (Å²) in [5, 5.41) is 12.6. The zero-order valence-corrected chi connectivity index (χ0v) is 9.12. The van der Waals surface area contributed by atoms with Crippen molar-refractivity contribution in [1.82, 2.24) is 19.7 Å². The Hall–Kier alpha value is -2.18. The number of aliphatic carboxylic acids is 1. The van der Waals surface area contributed by atoms with Crippen LogP contribution in [-0.4, -0.2) is 30.8 Å². The molecular weight excluding hydrogens is 224 g/mol. The largest absolute Gasteiger partial charge is 0.481 e. The second-order valence-corrected chi connectivity index (χ2v) is 4.08. The van der Waals surface area contributed by atoms with Crippen LogP contribution < -0.4 is 0 Å². The quantitative estimate of drug-likeness (QED) is 0.813. The van der Waals surface area contributed by atoms with Gasteiger partial charge in [-0.15, -0.1) is 0 Å². The minimum atomic E-state index is -0.786. The van der Waals surface area contributed by atoms with E-state index in [1.54, 1.807) is 13.1 Å². The van der Waals surface area contributed by atoms with Crippen molar-refractivity contribution in [3.8, 4) is 11.6 Å². The molecule has 0 saturated heterocycles. The fourth-order valence-electron chi connectivity index (χ4n) is 1.97. The Labute approximate surface area is 96.1 Å². The molecule has 3 rings (SSSR count). The molecule has 2 aromatic rings. The molecule has 1 aliphatic rings. The van der Waals surface area contributed by atoms with Gasteiger partial charge in [0.25, 0.3) is 5.89 Å². The van der Waals surface area contributed by atoms with Gasteiger partial charge in [-0.2, -0.15) is 4.98 Å². The molecule has 0 bridgehead atoms. The first-order valence-electron chi connectivity index (χ1n) is 5.23. The van der Waals surface area contributed by atoms with Gasteiger partial charge in [0.2, 0.25) is 0 Å². The molecule has 88 valence electrons. The normalized spacial score (nSPS) is 18.3. The molecule has 1 unspecified atom stereocenters. The van der Waals surface area contributed by atoms with Crippen LogP contribution >= 0.6 is 0 Å². The first-order valence-corrected chi connectivity index (χ1v) is 5.23. The average molecular weight is 234 g/mol. The number of carboxylic acid groups (broad SMARTS) is 1. The van der Waals surface area contributed by atoms with E-state index in [0.717, 1.165) is 5.82 Å². The Morgan fingerprint density at radius 2 is 2.41 bits per heavy atom. The third-order valence-electron chi connectivity index (χ3n) is 2.80. The number of fused-ring (bicyclic) bond motifs is 1. The molecule has 2 aromatic heterocycles. The van der Waals surface area contributed by atoms with E-state index in [-0.39, 0.29) is 5.92 Å². The van der Waals surface area contributed by atoms with Gasteiger partial charge in [0.15, 0.2) is 5.82 Å². The minimum absolute atomic E-state index is 0.372. The van der Waals surface area contributed by atoms with Gasteiger partial charge in [0, 0.05) is 19.2 Å².